The summed E-state index contributed by atoms with van der Waals surface area (Å²) in [5.41, 5.74) is 3.08. The molecule has 3 aromatic carbocycles. The highest BCUT2D eigenvalue weighted by Crippen LogP contribution is 2.57. The molecule has 8 heteroatoms. The molecule has 0 atom stereocenters. The summed E-state index contributed by atoms with van der Waals surface area (Å²) in [4.78, 5) is 26.6. The fourth-order valence-corrected chi connectivity index (χ4v) is 7.53. The minimum Gasteiger partial charge on any atom is -0.507 e. The fraction of sp³-hybridized carbons (Fsp3) is 0.394. The van der Waals surface area contributed by atoms with E-state index in [0.717, 1.165) is 47.9 Å². The number of aromatic hydroxyl groups is 2. The second-order valence-electron chi connectivity index (χ2n) is 10.5. The van der Waals surface area contributed by atoms with Gasteiger partial charge >= 0.3 is 11.9 Å². The molecule has 0 unspecified atom stereocenters. The number of carboxylic acids is 1. The molecule has 0 fully saturated rings. The number of hydrogen-bond donors (Lipinski definition) is 3. The predicted molar refractivity (Wildman–Crippen MR) is 166 cm³/mol. The molecule has 218 valence electrons. The summed E-state index contributed by atoms with van der Waals surface area (Å²) in [6.45, 7) is 8.21. The first-order chi connectivity index (χ1) is 19.6. The lowest BCUT2D eigenvalue weighted by molar-refractivity contribution is 0.0234. The molecule has 0 aliphatic carbocycles. The van der Waals surface area contributed by atoms with Gasteiger partial charge in [0.1, 0.15) is 11.5 Å². The monoisotopic (exact) mass is 686 g/mol. The molecule has 0 saturated heterocycles. The second kappa shape index (κ2) is 12.6. The first-order valence-corrected chi connectivity index (χ1v) is 15.8. The topological polar surface area (TPSA) is 104 Å². The van der Waals surface area contributed by atoms with Crippen LogP contribution < -0.4 is 0 Å². The molecule has 1 aliphatic heterocycles. The van der Waals surface area contributed by atoms with Crippen molar-refractivity contribution in [3.8, 4) is 11.5 Å². The molecule has 0 amide bonds. The quantitative estimate of drug-likeness (QED) is 0.175. The van der Waals surface area contributed by atoms with Crippen molar-refractivity contribution in [2.45, 2.75) is 84.7 Å². The molecule has 3 N–H and O–H groups in total. The zero-order valence-electron chi connectivity index (χ0n) is 23.9. The van der Waals surface area contributed by atoms with Crippen LogP contribution in [0.1, 0.15) is 113 Å². The number of carbonyl (C=O) groups is 2. The Balaban J connectivity index is 2.37. The number of phenolic OH excluding ortho intramolecular Hbond substituents is 2. The van der Waals surface area contributed by atoms with Crippen LogP contribution in [0.5, 0.6) is 11.5 Å². The van der Waals surface area contributed by atoms with Crippen LogP contribution in [0, 0.1) is 0 Å². The van der Waals surface area contributed by atoms with E-state index in [1.165, 1.54) is 6.07 Å². The van der Waals surface area contributed by atoms with Gasteiger partial charge in [-0.1, -0.05) is 59.4 Å². The fourth-order valence-electron chi connectivity index (χ4n) is 6.27. The van der Waals surface area contributed by atoms with Crippen molar-refractivity contribution in [2.24, 2.45) is 0 Å². The summed E-state index contributed by atoms with van der Waals surface area (Å²) in [7, 11) is 0. The van der Waals surface area contributed by atoms with Crippen LogP contribution in [-0.2, 0) is 36.0 Å². The van der Waals surface area contributed by atoms with E-state index in [2.05, 4.69) is 59.6 Å². The highest BCUT2D eigenvalue weighted by Gasteiger charge is 2.55. The largest absolute Gasteiger partial charge is 0.507 e. The van der Waals surface area contributed by atoms with Gasteiger partial charge in [-0.25, -0.2) is 9.59 Å². The van der Waals surface area contributed by atoms with Gasteiger partial charge in [-0.15, -0.1) is 0 Å². The highest BCUT2D eigenvalue weighted by atomic mass is 79.9. The number of cyclic esters (lactones) is 1. The van der Waals surface area contributed by atoms with Gasteiger partial charge < -0.3 is 20.1 Å². The Morgan fingerprint density at radius 3 is 1.66 bits per heavy atom. The number of carbonyl (C=O) groups excluding carboxylic acids is 1. The number of esters is 1. The van der Waals surface area contributed by atoms with E-state index in [9.17, 15) is 24.9 Å². The van der Waals surface area contributed by atoms with Gasteiger partial charge in [-0.05, 0) is 104 Å². The van der Waals surface area contributed by atoms with Crippen LogP contribution in [0.15, 0.2) is 39.3 Å². The highest BCUT2D eigenvalue weighted by molar-refractivity contribution is 9.11. The molecule has 0 aromatic heterocycles. The number of ether oxygens (including phenoxy) is 1. The second-order valence-corrected chi connectivity index (χ2v) is 12.1. The van der Waals surface area contributed by atoms with E-state index in [1.807, 2.05) is 0 Å². The summed E-state index contributed by atoms with van der Waals surface area (Å²) in [6, 6.07) is 8.08. The molecule has 0 spiro atoms. The van der Waals surface area contributed by atoms with Gasteiger partial charge in [0.2, 0.25) is 0 Å². The summed E-state index contributed by atoms with van der Waals surface area (Å²) in [6.07, 6.45) is 5.72. The number of phenols is 2. The minimum atomic E-state index is -1.77. The molecule has 41 heavy (non-hydrogen) atoms. The van der Waals surface area contributed by atoms with Crippen molar-refractivity contribution in [1.29, 1.82) is 0 Å². The number of halogens is 2. The maximum Gasteiger partial charge on any atom is 0.340 e. The predicted octanol–water partition coefficient (Wildman–Crippen LogP) is 8.59. The van der Waals surface area contributed by atoms with E-state index in [-0.39, 0.29) is 28.2 Å². The lowest BCUT2D eigenvalue weighted by atomic mass is 9.71. The van der Waals surface area contributed by atoms with Gasteiger partial charge in [0.05, 0.1) is 20.1 Å². The van der Waals surface area contributed by atoms with Crippen molar-refractivity contribution >= 4 is 43.8 Å². The smallest absolute Gasteiger partial charge is 0.340 e. The molecule has 1 aliphatic rings. The molecule has 6 nitrogen and oxygen atoms in total. The zero-order chi connectivity index (χ0) is 30.1. The maximum absolute atomic E-state index is 13.8. The van der Waals surface area contributed by atoms with Gasteiger partial charge in [-0.2, -0.15) is 0 Å². The van der Waals surface area contributed by atoms with Crippen LogP contribution in [0.4, 0.5) is 0 Å². The van der Waals surface area contributed by atoms with Gasteiger partial charge in [-0.3, -0.25) is 0 Å². The number of carboxylic acid groups (broad SMARTS) is 1. The number of fused-ring (bicyclic) bond motifs is 1. The minimum absolute atomic E-state index is 0.0259. The van der Waals surface area contributed by atoms with Gasteiger partial charge in [0.25, 0.3) is 0 Å². The Bertz CT molecular complexity index is 1440. The third kappa shape index (κ3) is 5.18. The SMILES string of the molecule is CCCc1cc(O)c(Br)c(C2(c3c(Br)c(O)cc(CCC)c3CCC)OC(=O)c3cccc(C(=O)O)c32)c1CCC. The molecular weight excluding hydrogens is 652 g/mol. The van der Waals surface area contributed by atoms with Crippen molar-refractivity contribution in [2.75, 3.05) is 0 Å². The van der Waals surface area contributed by atoms with Crippen molar-refractivity contribution in [3.05, 3.63) is 89.3 Å². The first kappa shape index (κ1) is 31.1. The Kier molecular flexibility index (Phi) is 9.54. The lowest BCUT2D eigenvalue weighted by Gasteiger charge is -2.37. The molecule has 4 rings (SSSR count). The normalized spacial score (nSPS) is 13.8. The van der Waals surface area contributed by atoms with E-state index in [4.69, 9.17) is 4.74 Å². The molecular formula is C33H36Br2O6. The van der Waals surface area contributed by atoms with Crippen LogP contribution in [0.25, 0.3) is 0 Å². The lowest BCUT2D eigenvalue weighted by Crippen LogP contribution is -2.35. The van der Waals surface area contributed by atoms with E-state index >= 15 is 0 Å². The maximum atomic E-state index is 13.8. The number of rotatable bonds is 11. The van der Waals surface area contributed by atoms with E-state index in [0.29, 0.717) is 45.8 Å². The molecule has 0 bridgehead atoms. The average molecular weight is 688 g/mol. The van der Waals surface area contributed by atoms with Crippen molar-refractivity contribution in [3.63, 3.8) is 0 Å². The molecule has 0 saturated carbocycles. The van der Waals surface area contributed by atoms with E-state index < -0.39 is 17.5 Å². The van der Waals surface area contributed by atoms with Crippen LogP contribution in [0.3, 0.4) is 0 Å². The number of benzene rings is 3. The Labute approximate surface area is 258 Å². The summed E-state index contributed by atoms with van der Waals surface area (Å²) >= 11 is 7.30. The number of aromatic carboxylic acids is 1. The zero-order valence-corrected chi connectivity index (χ0v) is 27.0. The first-order valence-electron chi connectivity index (χ1n) is 14.3. The Hall–Kier alpha value is -2.84. The Morgan fingerprint density at radius 1 is 0.780 bits per heavy atom. The van der Waals surface area contributed by atoms with Crippen molar-refractivity contribution < 1.29 is 29.6 Å². The number of aryl methyl sites for hydroxylation is 2. The standard InChI is InChI=1S/C33H36Br2O6/c1-5-10-18-16-24(36)29(34)27(20(18)12-7-3)33(26-22(31(38)39)14-9-15-23(26)32(40)41-33)28-21(13-8-4)19(11-6-2)17-25(37)30(28)35/h9,14-17,36-37H,5-8,10-13H2,1-4H3,(H,38,39). The Morgan fingerprint density at radius 2 is 1.24 bits per heavy atom. The third-order valence-corrected chi connectivity index (χ3v) is 9.35. The molecule has 3 aromatic rings. The average Bonchev–Trinajstić information content (AvgIpc) is 3.23. The van der Waals surface area contributed by atoms with Crippen LogP contribution in [0.2, 0.25) is 0 Å². The van der Waals surface area contributed by atoms with Gasteiger partial charge in [0.15, 0.2) is 5.60 Å². The molecule has 0 radical (unpaired) electrons. The summed E-state index contributed by atoms with van der Waals surface area (Å²) in [5.74, 6) is -1.91. The summed E-state index contributed by atoms with van der Waals surface area (Å²) in [5, 5.41) is 33.0. The third-order valence-electron chi connectivity index (χ3n) is 7.74. The molecule has 1 heterocycles. The van der Waals surface area contributed by atoms with Gasteiger partial charge in [0, 0.05) is 16.7 Å². The van der Waals surface area contributed by atoms with E-state index in [1.54, 1.807) is 24.3 Å². The number of hydrogen-bond acceptors (Lipinski definition) is 5. The summed E-state index contributed by atoms with van der Waals surface area (Å²) < 4.78 is 7.17. The van der Waals surface area contributed by atoms with Crippen LogP contribution in [-0.4, -0.2) is 27.3 Å². The van der Waals surface area contributed by atoms with Crippen molar-refractivity contribution in [1.82, 2.24) is 0 Å². The van der Waals surface area contributed by atoms with Crippen LogP contribution >= 0.6 is 31.9 Å².